The molecule has 4 heterocycles. The van der Waals surface area contributed by atoms with Gasteiger partial charge in [-0.1, -0.05) is 20.8 Å². The molecule has 1 saturated heterocycles. The highest BCUT2D eigenvalue weighted by Crippen LogP contribution is 2.25. The summed E-state index contributed by atoms with van der Waals surface area (Å²) in [6.45, 7) is 9.24. The SMILES string of the molecule is Cc1cnc(Nc2ccc(N3CCC(NC(=O)C(C)(C)C)C3)nc2)nc1Nc1ccc2oc(=O)[nH]c2c1. The topological polar surface area (TPSA) is 141 Å². The van der Waals surface area contributed by atoms with Crippen LogP contribution in [0.4, 0.5) is 29.0 Å². The van der Waals surface area contributed by atoms with Crippen molar-refractivity contribution in [2.24, 2.45) is 5.41 Å². The number of aryl methyl sites for hydroxylation is 1. The molecule has 4 aromatic rings. The number of hydrogen-bond acceptors (Lipinski definition) is 9. The van der Waals surface area contributed by atoms with Crippen molar-refractivity contribution in [3.63, 3.8) is 0 Å². The highest BCUT2D eigenvalue weighted by atomic mass is 16.4. The summed E-state index contributed by atoms with van der Waals surface area (Å²) < 4.78 is 5.06. The van der Waals surface area contributed by atoms with Crippen molar-refractivity contribution < 1.29 is 9.21 Å². The first-order valence-corrected chi connectivity index (χ1v) is 12.2. The lowest BCUT2D eigenvalue weighted by molar-refractivity contribution is -0.129. The molecule has 0 saturated carbocycles. The summed E-state index contributed by atoms with van der Waals surface area (Å²) in [6.07, 6.45) is 4.37. The van der Waals surface area contributed by atoms with Crippen LogP contribution in [0.3, 0.4) is 0 Å². The van der Waals surface area contributed by atoms with E-state index in [1.54, 1.807) is 24.5 Å². The zero-order valence-corrected chi connectivity index (χ0v) is 21.3. The summed E-state index contributed by atoms with van der Waals surface area (Å²) in [4.78, 5) is 42.1. The van der Waals surface area contributed by atoms with Crippen LogP contribution in [0.5, 0.6) is 0 Å². The minimum atomic E-state index is -0.492. The quantitative estimate of drug-likeness (QED) is 0.309. The molecule has 1 atom stereocenters. The van der Waals surface area contributed by atoms with E-state index < -0.39 is 11.2 Å². The fourth-order valence-corrected chi connectivity index (χ4v) is 4.06. The number of nitrogens with one attached hydrogen (secondary N) is 4. The first-order valence-electron chi connectivity index (χ1n) is 12.2. The van der Waals surface area contributed by atoms with Gasteiger partial charge in [-0.25, -0.2) is 14.8 Å². The molecular formula is C26H30N8O3. The van der Waals surface area contributed by atoms with Gasteiger partial charge >= 0.3 is 5.76 Å². The number of aromatic nitrogens is 4. The van der Waals surface area contributed by atoms with Gasteiger partial charge in [-0.15, -0.1) is 0 Å². The Hall–Kier alpha value is -4.41. The first-order chi connectivity index (χ1) is 17.6. The second kappa shape index (κ2) is 9.57. The van der Waals surface area contributed by atoms with E-state index in [9.17, 15) is 9.59 Å². The van der Waals surface area contributed by atoms with E-state index in [2.05, 4.69) is 40.8 Å². The third-order valence-corrected chi connectivity index (χ3v) is 6.19. The Balaban J connectivity index is 1.23. The zero-order chi connectivity index (χ0) is 26.2. The summed E-state index contributed by atoms with van der Waals surface area (Å²) in [5.74, 6) is 1.49. The third kappa shape index (κ3) is 5.55. The summed E-state index contributed by atoms with van der Waals surface area (Å²) in [7, 11) is 0. The van der Waals surface area contributed by atoms with Gasteiger partial charge in [0, 0.05) is 42.0 Å². The molecule has 0 aliphatic carbocycles. The summed E-state index contributed by atoms with van der Waals surface area (Å²) in [6, 6.07) is 9.32. The molecule has 192 valence electrons. The summed E-state index contributed by atoms with van der Waals surface area (Å²) >= 11 is 0. The number of amides is 1. The number of rotatable bonds is 6. The summed E-state index contributed by atoms with van der Waals surface area (Å²) in [5.41, 5.74) is 3.07. The van der Waals surface area contributed by atoms with Gasteiger partial charge in [0.2, 0.25) is 11.9 Å². The maximum Gasteiger partial charge on any atom is 0.417 e. The summed E-state index contributed by atoms with van der Waals surface area (Å²) in [5, 5.41) is 9.60. The number of aromatic amines is 1. The molecule has 1 fully saturated rings. The molecule has 11 heteroatoms. The van der Waals surface area contributed by atoms with Crippen LogP contribution in [0.15, 0.2) is 51.9 Å². The number of benzene rings is 1. The number of oxazole rings is 1. The van der Waals surface area contributed by atoms with E-state index in [1.165, 1.54) is 0 Å². The predicted octanol–water partition coefficient (Wildman–Crippen LogP) is 3.84. The average molecular weight is 503 g/mol. The van der Waals surface area contributed by atoms with Crippen LogP contribution >= 0.6 is 0 Å². The monoisotopic (exact) mass is 502 g/mol. The highest BCUT2D eigenvalue weighted by molar-refractivity contribution is 5.81. The fraction of sp³-hybridized carbons (Fsp3) is 0.346. The van der Waals surface area contributed by atoms with Gasteiger partial charge in [0.15, 0.2) is 5.58 Å². The number of nitrogens with zero attached hydrogens (tertiary/aromatic N) is 4. The van der Waals surface area contributed by atoms with Gasteiger partial charge in [-0.05, 0) is 43.7 Å². The molecule has 1 amide bonds. The molecule has 0 radical (unpaired) electrons. The second-order valence-electron chi connectivity index (χ2n) is 10.3. The van der Waals surface area contributed by atoms with E-state index in [4.69, 9.17) is 4.42 Å². The maximum atomic E-state index is 12.3. The molecule has 5 rings (SSSR count). The largest absolute Gasteiger partial charge is 0.417 e. The Morgan fingerprint density at radius 3 is 2.68 bits per heavy atom. The van der Waals surface area contributed by atoms with Crippen LogP contribution in [0.2, 0.25) is 0 Å². The van der Waals surface area contributed by atoms with Crippen molar-refractivity contribution in [2.45, 2.75) is 40.2 Å². The third-order valence-electron chi connectivity index (χ3n) is 6.19. The molecule has 1 aliphatic heterocycles. The van der Waals surface area contributed by atoms with Gasteiger partial charge in [-0.3, -0.25) is 9.78 Å². The van der Waals surface area contributed by atoms with Gasteiger partial charge < -0.3 is 25.3 Å². The van der Waals surface area contributed by atoms with Crippen LogP contribution in [0.25, 0.3) is 11.1 Å². The predicted molar refractivity (Wildman–Crippen MR) is 143 cm³/mol. The number of pyridine rings is 1. The lowest BCUT2D eigenvalue weighted by Crippen LogP contribution is -2.43. The Bertz CT molecular complexity index is 1490. The molecule has 1 aliphatic rings. The number of anilines is 5. The fourth-order valence-electron chi connectivity index (χ4n) is 4.06. The number of hydrogen-bond donors (Lipinski definition) is 4. The number of fused-ring (bicyclic) bond motifs is 1. The second-order valence-corrected chi connectivity index (χ2v) is 10.3. The van der Waals surface area contributed by atoms with Gasteiger partial charge in [0.25, 0.3) is 0 Å². The van der Waals surface area contributed by atoms with Crippen molar-refractivity contribution in [1.29, 1.82) is 0 Å². The molecule has 11 nitrogen and oxygen atoms in total. The number of H-pyrrole nitrogens is 1. The lowest BCUT2D eigenvalue weighted by Gasteiger charge is -2.22. The first kappa shape index (κ1) is 24.3. The molecule has 4 N–H and O–H groups in total. The number of carbonyl (C=O) groups excluding carboxylic acids is 1. The van der Waals surface area contributed by atoms with Gasteiger partial charge in [0.1, 0.15) is 11.6 Å². The molecule has 0 bridgehead atoms. The van der Waals surface area contributed by atoms with Crippen molar-refractivity contribution in [3.05, 3.63) is 58.8 Å². The zero-order valence-electron chi connectivity index (χ0n) is 21.3. The lowest BCUT2D eigenvalue weighted by atomic mass is 9.95. The molecule has 1 unspecified atom stereocenters. The Labute approximate surface area is 213 Å². The minimum Gasteiger partial charge on any atom is -0.408 e. The van der Waals surface area contributed by atoms with Crippen molar-refractivity contribution in [1.82, 2.24) is 25.3 Å². The Morgan fingerprint density at radius 1 is 1.11 bits per heavy atom. The van der Waals surface area contributed by atoms with E-state index in [1.807, 2.05) is 45.9 Å². The van der Waals surface area contributed by atoms with Crippen molar-refractivity contribution in [2.75, 3.05) is 28.6 Å². The molecular weight excluding hydrogens is 472 g/mol. The maximum absolute atomic E-state index is 12.3. The van der Waals surface area contributed by atoms with E-state index in [0.717, 1.165) is 42.3 Å². The van der Waals surface area contributed by atoms with Crippen LogP contribution in [-0.4, -0.2) is 45.0 Å². The van der Waals surface area contributed by atoms with Crippen LogP contribution in [-0.2, 0) is 4.79 Å². The highest BCUT2D eigenvalue weighted by Gasteiger charge is 2.29. The molecule has 0 spiro atoms. The molecule has 1 aromatic carbocycles. The number of carbonyl (C=O) groups is 1. The normalized spacial score (nSPS) is 15.7. The van der Waals surface area contributed by atoms with Crippen molar-refractivity contribution >= 4 is 46.0 Å². The van der Waals surface area contributed by atoms with E-state index >= 15 is 0 Å². The van der Waals surface area contributed by atoms with E-state index in [0.29, 0.717) is 22.9 Å². The van der Waals surface area contributed by atoms with Gasteiger partial charge in [0.05, 0.1) is 17.4 Å². The van der Waals surface area contributed by atoms with Crippen LogP contribution in [0, 0.1) is 12.3 Å². The van der Waals surface area contributed by atoms with Crippen molar-refractivity contribution in [3.8, 4) is 0 Å². The minimum absolute atomic E-state index is 0.0655. The Kier molecular flexibility index (Phi) is 6.28. The smallest absolute Gasteiger partial charge is 0.408 e. The Morgan fingerprint density at radius 2 is 1.92 bits per heavy atom. The molecule has 3 aromatic heterocycles. The van der Waals surface area contributed by atoms with Crippen LogP contribution < -0.4 is 26.6 Å². The molecule has 37 heavy (non-hydrogen) atoms. The van der Waals surface area contributed by atoms with Gasteiger partial charge in [-0.2, -0.15) is 4.98 Å². The van der Waals surface area contributed by atoms with Crippen LogP contribution in [0.1, 0.15) is 32.8 Å². The van der Waals surface area contributed by atoms with E-state index in [-0.39, 0.29) is 11.9 Å². The standard InChI is InChI=1S/C26H30N8O3/c1-15-12-28-24(33-22(15)29-16-5-7-20-19(11-16)32-25(36)37-20)31-17-6-8-21(27-13-17)34-10-9-18(14-34)30-23(35)26(2,3)4/h5-8,11-13,18H,9-10,14H2,1-4H3,(H,30,35)(H,32,36)(H2,28,29,31,33). The average Bonchev–Trinajstić information content (AvgIpc) is 3.46.